The Morgan fingerprint density at radius 2 is 1.88 bits per heavy atom. The monoisotopic (exact) mass is 463 g/mol. The summed E-state index contributed by atoms with van der Waals surface area (Å²) in [6, 6.07) is 13.7. The molecule has 172 valence electrons. The molecule has 3 N–H and O–H groups in total. The lowest BCUT2D eigenvalue weighted by molar-refractivity contribution is -0.286. The van der Waals surface area contributed by atoms with E-state index in [0.717, 1.165) is 16.5 Å². The van der Waals surface area contributed by atoms with Crippen molar-refractivity contribution in [2.24, 2.45) is 0 Å². The first kappa shape index (κ1) is 20.5. The first-order valence-electron chi connectivity index (χ1n) is 10.7. The van der Waals surface area contributed by atoms with E-state index in [1.165, 1.54) is 12.1 Å². The van der Waals surface area contributed by atoms with Gasteiger partial charge in [0.2, 0.25) is 5.91 Å². The number of alkyl halides is 2. The van der Waals surface area contributed by atoms with Gasteiger partial charge in [-0.25, -0.2) is 4.98 Å². The number of aromatic amines is 1. The third-order valence-corrected chi connectivity index (χ3v) is 6.42. The lowest BCUT2D eigenvalue weighted by Crippen LogP contribution is -2.28. The van der Waals surface area contributed by atoms with Crippen molar-refractivity contribution in [2.75, 3.05) is 5.32 Å². The molecule has 1 fully saturated rings. The van der Waals surface area contributed by atoms with Crippen molar-refractivity contribution in [2.45, 2.75) is 31.5 Å². The number of carbonyl (C=O) groups is 1. The number of rotatable bonds is 4. The number of ether oxygens (including phenoxy) is 2. The van der Waals surface area contributed by atoms with E-state index in [1.54, 1.807) is 18.3 Å². The summed E-state index contributed by atoms with van der Waals surface area (Å²) < 4.78 is 35.8. The molecule has 0 spiro atoms. The molecule has 1 aliphatic carbocycles. The van der Waals surface area contributed by atoms with Gasteiger partial charge in [0.25, 0.3) is 0 Å². The lowest BCUT2D eigenvalue weighted by Gasteiger charge is -2.17. The molecule has 0 radical (unpaired) electrons. The van der Waals surface area contributed by atoms with Crippen molar-refractivity contribution >= 4 is 22.5 Å². The molecule has 2 aliphatic rings. The van der Waals surface area contributed by atoms with Crippen molar-refractivity contribution < 1.29 is 28.2 Å². The maximum atomic E-state index is 13.4. The highest BCUT2D eigenvalue weighted by molar-refractivity contribution is 6.01. The van der Waals surface area contributed by atoms with E-state index in [9.17, 15) is 18.7 Å². The van der Waals surface area contributed by atoms with Gasteiger partial charge in [-0.3, -0.25) is 4.79 Å². The van der Waals surface area contributed by atoms with Crippen LogP contribution in [0.25, 0.3) is 22.0 Å². The summed E-state index contributed by atoms with van der Waals surface area (Å²) in [5.74, 6) is 0.0544. The summed E-state index contributed by atoms with van der Waals surface area (Å²) in [6.45, 7) is 1.92. The summed E-state index contributed by atoms with van der Waals surface area (Å²) in [4.78, 5) is 20.7. The molecule has 3 heterocycles. The van der Waals surface area contributed by atoms with Crippen LogP contribution < -0.4 is 14.8 Å². The molecule has 34 heavy (non-hydrogen) atoms. The number of anilines is 1. The molecule has 1 amide bonds. The number of hydrogen-bond acceptors (Lipinski definition) is 5. The number of nitrogens with zero attached hydrogens (tertiary/aromatic N) is 1. The topological polar surface area (TPSA) is 96.5 Å². The number of H-pyrrole nitrogens is 1. The average molecular weight is 463 g/mol. The Hall–Kier alpha value is -4.14. The number of fused-ring (bicyclic) bond motifs is 2. The fourth-order valence-corrected chi connectivity index (χ4v) is 4.40. The number of aromatic hydroxyl groups is 1. The van der Waals surface area contributed by atoms with Crippen molar-refractivity contribution in [3.05, 3.63) is 65.9 Å². The van der Waals surface area contributed by atoms with Crippen molar-refractivity contribution in [3.8, 4) is 28.6 Å². The summed E-state index contributed by atoms with van der Waals surface area (Å²) in [5.41, 5.74) is 2.14. The van der Waals surface area contributed by atoms with Crippen LogP contribution in [0.5, 0.6) is 17.4 Å². The Bertz CT molecular complexity index is 1480. The van der Waals surface area contributed by atoms with Gasteiger partial charge in [-0.15, -0.1) is 8.78 Å². The van der Waals surface area contributed by atoms with Gasteiger partial charge in [0.15, 0.2) is 17.4 Å². The predicted molar refractivity (Wildman–Crippen MR) is 120 cm³/mol. The number of amides is 1. The van der Waals surface area contributed by atoms with Crippen LogP contribution in [0.1, 0.15) is 24.0 Å². The van der Waals surface area contributed by atoms with Gasteiger partial charge < -0.3 is 24.9 Å². The Kier molecular flexibility index (Phi) is 4.17. The molecule has 4 aromatic rings. The minimum absolute atomic E-state index is 0.0553. The van der Waals surface area contributed by atoms with Gasteiger partial charge in [0.1, 0.15) is 5.82 Å². The zero-order valence-corrected chi connectivity index (χ0v) is 18.0. The summed E-state index contributed by atoms with van der Waals surface area (Å²) in [5, 5.41) is 14.5. The van der Waals surface area contributed by atoms with Gasteiger partial charge in [-0.1, -0.05) is 24.3 Å². The number of hydrogen-bond donors (Lipinski definition) is 3. The molecular weight excluding hydrogens is 444 g/mol. The summed E-state index contributed by atoms with van der Waals surface area (Å²) in [6.07, 6.45) is -0.825. The molecule has 6 rings (SSSR count). The van der Waals surface area contributed by atoms with Crippen LogP contribution in [0.15, 0.2) is 54.7 Å². The Morgan fingerprint density at radius 1 is 1.09 bits per heavy atom. The SMILES string of the molecule is Cc1ccc(NC(=O)C2(c3ccc4c(c3)OC(F)(F)O4)CC2)nc1-c1ccc2c[nH]c(O)c2c1. The van der Waals surface area contributed by atoms with E-state index in [-0.39, 0.29) is 23.3 Å². The third kappa shape index (κ3) is 3.23. The van der Waals surface area contributed by atoms with Crippen molar-refractivity contribution in [1.29, 1.82) is 0 Å². The second-order valence-corrected chi connectivity index (χ2v) is 8.67. The molecule has 9 heteroatoms. The van der Waals surface area contributed by atoms with Crippen LogP contribution in [0.3, 0.4) is 0 Å². The number of aromatic nitrogens is 2. The van der Waals surface area contributed by atoms with Gasteiger partial charge in [0.05, 0.1) is 11.1 Å². The van der Waals surface area contributed by atoms with E-state index < -0.39 is 11.7 Å². The predicted octanol–water partition coefficient (Wildman–Crippen LogP) is 5.24. The molecule has 0 bridgehead atoms. The standard InChI is InChI=1S/C25H19F2N3O4/c1-13-2-7-20(29-21(13)14-3-4-15-12-28-22(31)17(15)10-14)30-23(32)24(8-9-24)16-5-6-18-19(11-16)34-25(26,27)33-18/h2-7,10-12,28,31H,8-9H2,1H3,(H,29,30,32). The van der Waals surface area contributed by atoms with Crippen molar-refractivity contribution in [1.82, 2.24) is 9.97 Å². The number of carbonyl (C=O) groups excluding carboxylic acids is 1. The van der Waals surface area contributed by atoms with Gasteiger partial charge in [-0.2, -0.15) is 0 Å². The average Bonchev–Trinajstić information content (AvgIpc) is 3.45. The minimum Gasteiger partial charge on any atom is -0.494 e. The van der Waals surface area contributed by atoms with Crippen LogP contribution in [-0.2, 0) is 10.2 Å². The van der Waals surface area contributed by atoms with Crippen LogP contribution in [0.2, 0.25) is 0 Å². The number of nitrogens with one attached hydrogen (secondary N) is 2. The second-order valence-electron chi connectivity index (χ2n) is 8.67. The number of benzene rings is 2. The van der Waals surface area contributed by atoms with Crippen LogP contribution in [-0.4, -0.2) is 27.3 Å². The number of pyridine rings is 1. The van der Waals surface area contributed by atoms with Crippen LogP contribution >= 0.6 is 0 Å². The summed E-state index contributed by atoms with van der Waals surface area (Å²) >= 11 is 0. The fraction of sp³-hybridized carbons (Fsp3) is 0.200. The van der Waals surface area contributed by atoms with Gasteiger partial charge in [-0.05, 0) is 55.2 Å². The molecule has 2 aromatic heterocycles. The Morgan fingerprint density at radius 3 is 2.68 bits per heavy atom. The van der Waals surface area contributed by atoms with Gasteiger partial charge >= 0.3 is 6.29 Å². The first-order chi connectivity index (χ1) is 16.2. The molecule has 0 unspecified atom stereocenters. The highest BCUT2D eigenvalue weighted by Crippen LogP contribution is 2.52. The van der Waals surface area contributed by atoms with E-state index in [1.807, 2.05) is 31.2 Å². The molecule has 0 atom stereocenters. The zero-order valence-electron chi connectivity index (χ0n) is 18.0. The van der Waals surface area contributed by atoms with E-state index >= 15 is 0 Å². The quantitative estimate of drug-likeness (QED) is 0.385. The van der Waals surface area contributed by atoms with Crippen LogP contribution in [0.4, 0.5) is 14.6 Å². The molecule has 7 nitrogen and oxygen atoms in total. The Balaban J connectivity index is 1.28. The number of aryl methyl sites for hydroxylation is 1. The van der Waals surface area contributed by atoms with E-state index in [2.05, 4.69) is 24.8 Å². The van der Waals surface area contributed by atoms with Crippen molar-refractivity contribution in [3.63, 3.8) is 0 Å². The highest BCUT2D eigenvalue weighted by atomic mass is 19.3. The van der Waals surface area contributed by atoms with E-state index in [4.69, 9.17) is 0 Å². The molecular formula is C25H19F2N3O4. The highest BCUT2D eigenvalue weighted by Gasteiger charge is 2.53. The molecule has 1 saturated carbocycles. The fourth-order valence-electron chi connectivity index (χ4n) is 4.40. The maximum absolute atomic E-state index is 13.4. The Labute approximate surface area is 192 Å². The number of halogens is 2. The maximum Gasteiger partial charge on any atom is 0.586 e. The first-order valence-corrected chi connectivity index (χ1v) is 10.7. The second kappa shape index (κ2) is 6.93. The molecule has 0 saturated heterocycles. The largest absolute Gasteiger partial charge is 0.586 e. The molecule has 1 aliphatic heterocycles. The summed E-state index contributed by atoms with van der Waals surface area (Å²) in [7, 11) is 0. The minimum atomic E-state index is -3.71. The smallest absolute Gasteiger partial charge is 0.494 e. The van der Waals surface area contributed by atoms with Gasteiger partial charge in [0, 0.05) is 22.5 Å². The zero-order chi connectivity index (χ0) is 23.7. The van der Waals surface area contributed by atoms with Crippen LogP contribution in [0, 0.1) is 6.92 Å². The van der Waals surface area contributed by atoms with E-state index in [0.29, 0.717) is 35.3 Å². The normalized spacial score (nSPS) is 17.0. The lowest BCUT2D eigenvalue weighted by atomic mass is 9.94. The molecule has 2 aromatic carbocycles. The third-order valence-electron chi connectivity index (χ3n) is 6.42.